The number of nitrogens with zero attached hydrogens (tertiary/aromatic N) is 2. The van der Waals surface area contributed by atoms with Crippen LogP contribution < -0.4 is 15.5 Å². The van der Waals surface area contributed by atoms with E-state index in [2.05, 4.69) is 15.2 Å². The third kappa shape index (κ3) is 6.30. The molecule has 216 valence electrons. The van der Waals surface area contributed by atoms with Gasteiger partial charge in [0.2, 0.25) is 5.91 Å². The van der Waals surface area contributed by atoms with Gasteiger partial charge < -0.3 is 25.2 Å². The van der Waals surface area contributed by atoms with Crippen molar-refractivity contribution in [1.82, 2.24) is 15.4 Å². The molecule has 12 heteroatoms. The number of piperidine rings is 1. The van der Waals surface area contributed by atoms with Crippen LogP contribution in [0, 0.1) is 22.9 Å². The van der Waals surface area contributed by atoms with Gasteiger partial charge in [-0.3, -0.25) is 15.0 Å². The van der Waals surface area contributed by atoms with Crippen LogP contribution in [-0.4, -0.2) is 64.5 Å². The van der Waals surface area contributed by atoms with Gasteiger partial charge >= 0.3 is 0 Å². The maximum Gasteiger partial charge on any atom is 0.249 e. The van der Waals surface area contributed by atoms with Crippen molar-refractivity contribution in [2.24, 2.45) is 5.41 Å². The number of carbonyl (C=O) groups excluding carboxylic acids is 1. The summed E-state index contributed by atoms with van der Waals surface area (Å²) in [6.45, 7) is 1.54. The number of aromatic nitrogens is 1. The number of fused-ring (bicyclic) bond motifs is 1. The van der Waals surface area contributed by atoms with Crippen molar-refractivity contribution >= 4 is 22.5 Å². The van der Waals surface area contributed by atoms with E-state index in [1.165, 1.54) is 13.3 Å². The average Bonchev–Trinajstić information content (AvgIpc) is 2.97. The van der Waals surface area contributed by atoms with Crippen molar-refractivity contribution < 1.29 is 38.1 Å². The Balaban J connectivity index is 1.41. The second kappa shape index (κ2) is 12.8. The summed E-state index contributed by atoms with van der Waals surface area (Å²) in [6, 6.07) is 7.04. The van der Waals surface area contributed by atoms with E-state index in [0.29, 0.717) is 66.8 Å². The van der Waals surface area contributed by atoms with Crippen molar-refractivity contribution in [3.05, 3.63) is 65.1 Å². The van der Waals surface area contributed by atoms with Crippen molar-refractivity contribution in [3.63, 3.8) is 0 Å². The highest BCUT2D eigenvalue weighted by Crippen LogP contribution is 2.40. The molecule has 4 rings (SSSR count). The Labute approximate surface area is 229 Å². The molecule has 1 aliphatic rings. The maximum atomic E-state index is 13.4. The molecule has 0 saturated carbocycles. The fraction of sp³-hybridized carbons (Fsp3) is 0.429. The van der Waals surface area contributed by atoms with Crippen LogP contribution in [0.2, 0.25) is 0 Å². The van der Waals surface area contributed by atoms with Gasteiger partial charge in [0.15, 0.2) is 17.5 Å². The zero-order chi connectivity index (χ0) is 28.9. The SMILES string of the molecule is COc1ccc2ncc(CO)c([C@H](O)CCC3(C(=O)NO)CCN(CCNc4cc(F)c(F)c(F)c4)CC3)c2c1. The monoisotopic (exact) mass is 562 g/mol. The first-order chi connectivity index (χ1) is 19.2. The summed E-state index contributed by atoms with van der Waals surface area (Å²) in [4.78, 5) is 19.2. The zero-order valence-electron chi connectivity index (χ0n) is 22.1. The van der Waals surface area contributed by atoms with Crippen molar-refractivity contribution in [2.75, 3.05) is 38.6 Å². The molecule has 1 aliphatic heterocycles. The Morgan fingerprint density at radius 1 is 1.18 bits per heavy atom. The highest BCUT2D eigenvalue weighted by atomic mass is 19.2. The Hall–Kier alpha value is -3.45. The predicted molar refractivity (Wildman–Crippen MR) is 141 cm³/mol. The summed E-state index contributed by atoms with van der Waals surface area (Å²) in [6.07, 6.45) is 1.79. The largest absolute Gasteiger partial charge is 0.497 e. The lowest BCUT2D eigenvalue weighted by Crippen LogP contribution is -2.49. The molecule has 3 aromatic rings. The molecule has 0 spiro atoms. The molecule has 2 aromatic carbocycles. The number of benzene rings is 2. The number of anilines is 1. The number of ether oxygens (including phenoxy) is 1. The van der Waals surface area contributed by atoms with Gasteiger partial charge in [0.25, 0.3) is 0 Å². The number of rotatable bonds is 11. The van der Waals surface area contributed by atoms with Crippen LogP contribution in [0.3, 0.4) is 0 Å². The summed E-state index contributed by atoms with van der Waals surface area (Å²) < 4.78 is 45.4. The molecule has 0 aliphatic carbocycles. The Kier molecular flexibility index (Phi) is 9.46. The first-order valence-corrected chi connectivity index (χ1v) is 13.0. The number of hydrogen-bond acceptors (Lipinski definition) is 8. The molecule has 0 unspecified atom stereocenters. The second-order valence-corrected chi connectivity index (χ2v) is 10.0. The summed E-state index contributed by atoms with van der Waals surface area (Å²) in [5.41, 5.74) is 2.59. The summed E-state index contributed by atoms with van der Waals surface area (Å²) in [5.74, 6) is -4.02. The number of methoxy groups -OCH3 is 1. The lowest BCUT2D eigenvalue weighted by molar-refractivity contribution is -0.143. The topological polar surface area (TPSA) is 127 Å². The lowest BCUT2D eigenvalue weighted by Gasteiger charge is -2.40. The first kappa shape index (κ1) is 29.5. The van der Waals surface area contributed by atoms with Crippen molar-refractivity contribution in [3.8, 4) is 5.75 Å². The highest BCUT2D eigenvalue weighted by molar-refractivity contribution is 5.85. The summed E-state index contributed by atoms with van der Waals surface area (Å²) in [7, 11) is 1.53. The molecule has 1 atom stereocenters. The lowest BCUT2D eigenvalue weighted by atomic mass is 9.73. The highest BCUT2D eigenvalue weighted by Gasteiger charge is 2.41. The van der Waals surface area contributed by atoms with Gasteiger partial charge in [-0.15, -0.1) is 0 Å². The standard InChI is InChI=1S/C28H33F3N4O5/c1-40-19-2-3-23-20(14-19)25(17(16-36)15-33-23)24(37)4-5-28(27(38)34-39)6-9-35(10-7-28)11-8-32-18-12-21(29)26(31)22(30)13-18/h2-3,12-15,24,32,36-37,39H,4-11,16H2,1H3,(H,34,38)/t24-/m1/s1. The molecule has 9 nitrogen and oxygen atoms in total. The molecule has 0 radical (unpaired) electrons. The van der Waals surface area contributed by atoms with E-state index in [0.717, 1.165) is 12.1 Å². The minimum absolute atomic E-state index is 0.125. The fourth-order valence-corrected chi connectivity index (χ4v) is 5.37. The van der Waals surface area contributed by atoms with Gasteiger partial charge in [-0.25, -0.2) is 18.7 Å². The van der Waals surface area contributed by atoms with Crippen LogP contribution in [0.4, 0.5) is 18.9 Å². The first-order valence-electron chi connectivity index (χ1n) is 13.0. The number of aliphatic hydroxyl groups is 2. The van der Waals surface area contributed by atoms with Gasteiger partial charge in [-0.05, 0) is 62.5 Å². The quantitative estimate of drug-likeness (QED) is 0.136. The van der Waals surface area contributed by atoms with Gasteiger partial charge in [0.1, 0.15) is 5.75 Å². The van der Waals surface area contributed by atoms with E-state index in [4.69, 9.17) is 4.74 Å². The smallest absolute Gasteiger partial charge is 0.249 e. The van der Waals surface area contributed by atoms with E-state index in [1.807, 2.05) is 0 Å². The van der Waals surface area contributed by atoms with E-state index < -0.39 is 34.9 Å². The molecule has 1 aromatic heterocycles. The zero-order valence-corrected chi connectivity index (χ0v) is 22.1. The third-order valence-electron chi connectivity index (χ3n) is 7.74. The fourth-order valence-electron chi connectivity index (χ4n) is 5.37. The molecular weight excluding hydrogens is 529 g/mol. The van der Waals surface area contributed by atoms with E-state index in [1.54, 1.807) is 23.7 Å². The number of aliphatic hydroxyl groups excluding tert-OH is 2. The van der Waals surface area contributed by atoms with E-state index >= 15 is 0 Å². The number of halogens is 3. The number of hydrogen-bond donors (Lipinski definition) is 5. The molecule has 1 fully saturated rings. The molecule has 1 amide bonds. The number of likely N-dealkylation sites (tertiary alicyclic amines) is 1. The van der Waals surface area contributed by atoms with E-state index in [-0.39, 0.29) is 25.1 Å². The van der Waals surface area contributed by atoms with Crippen LogP contribution in [0.15, 0.2) is 36.5 Å². The Morgan fingerprint density at radius 3 is 2.50 bits per heavy atom. The van der Waals surface area contributed by atoms with Crippen LogP contribution in [-0.2, 0) is 11.4 Å². The number of nitrogens with one attached hydrogen (secondary N) is 2. The predicted octanol–water partition coefficient (Wildman–Crippen LogP) is 3.67. The number of amides is 1. The minimum atomic E-state index is -1.52. The summed E-state index contributed by atoms with van der Waals surface area (Å²) >= 11 is 0. The Morgan fingerprint density at radius 2 is 1.88 bits per heavy atom. The normalized spacial score (nSPS) is 16.1. The maximum absolute atomic E-state index is 13.4. The molecule has 40 heavy (non-hydrogen) atoms. The number of hydroxylamine groups is 1. The molecule has 2 heterocycles. The molecule has 0 bridgehead atoms. The summed E-state index contributed by atoms with van der Waals surface area (Å²) in [5, 5.41) is 34.2. The third-order valence-corrected chi connectivity index (χ3v) is 7.74. The van der Waals surface area contributed by atoms with Crippen molar-refractivity contribution in [2.45, 2.75) is 38.4 Å². The molecular formula is C28H33F3N4O5. The Bertz CT molecular complexity index is 1320. The average molecular weight is 563 g/mol. The van der Waals surface area contributed by atoms with Crippen LogP contribution in [0.1, 0.15) is 42.9 Å². The van der Waals surface area contributed by atoms with Crippen molar-refractivity contribution in [1.29, 1.82) is 0 Å². The van der Waals surface area contributed by atoms with Crippen LogP contribution >= 0.6 is 0 Å². The van der Waals surface area contributed by atoms with Crippen LogP contribution in [0.5, 0.6) is 5.75 Å². The van der Waals surface area contributed by atoms with Gasteiger partial charge in [0, 0.05) is 48.1 Å². The molecule has 5 N–H and O–H groups in total. The minimum Gasteiger partial charge on any atom is -0.497 e. The van der Waals surface area contributed by atoms with Crippen LogP contribution in [0.25, 0.3) is 10.9 Å². The van der Waals surface area contributed by atoms with E-state index in [9.17, 15) is 33.4 Å². The molecule has 1 saturated heterocycles. The number of carbonyl (C=O) groups is 1. The van der Waals surface area contributed by atoms with Gasteiger partial charge in [-0.1, -0.05) is 0 Å². The number of pyridine rings is 1. The second-order valence-electron chi connectivity index (χ2n) is 10.0. The van der Waals surface area contributed by atoms with Gasteiger partial charge in [-0.2, -0.15) is 0 Å². The van der Waals surface area contributed by atoms with Gasteiger partial charge in [0.05, 0.1) is 30.8 Å².